The second-order valence-corrected chi connectivity index (χ2v) is 3.77. The van der Waals surface area contributed by atoms with E-state index in [4.69, 9.17) is 9.84 Å². The summed E-state index contributed by atoms with van der Waals surface area (Å²) in [5.74, 6) is -0.720. The van der Waals surface area contributed by atoms with Crippen LogP contribution in [0.25, 0.3) is 0 Å². The van der Waals surface area contributed by atoms with Crippen molar-refractivity contribution in [3.05, 3.63) is 0 Å². The van der Waals surface area contributed by atoms with Crippen LogP contribution in [0, 0.1) is 0 Å². The van der Waals surface area contributed by atoms with Gasteiger partial charge in [0.1, 0.15) is 0 Å². The predicted octanol–water partition coefficient (Wildman–Crippen LogP) is 1.60. The molecule has 0 aliphatic rings. The van der Waals surface area contributed by atoms with Crippen LogP contribution in [0.4, 0.5) is 0 Å². The van der Waals surface area contributed by atoms with Crippen molar-refractivity contribution in [2.75, 3.05) is 33.4 Å². The fourth-order valence-electron chi connectivity index (χ4n) is 1.18. The average molecular weight is 217 g/mol. The van der Waals surface area contributed by atoms with E-state index < -0.39 is 5.97 Å². The number of ether oxygens (including phenoxy) is 1. The van der Waals surface area contributed by atoms with Gasteiger partial charge >= 0.3 is 5.97 Å². The summed E-state index contributed by atoms with van der Waals surface area (Å²) in [5.41, 5.74) is 0. The topological polar surface area (TPSA) is 49.8 Å². The third-order valence-corrected chi connectivity index (χ3v) is 2.19. The molecule has 0 heterocycles. The molecule has 0 saturated heterocycles. The Morgan fingerprint density at radius 1 is 1.27 bits per heavy atom. The Kier molecular flexibility index (Phi) is 9.52. The average Bonchev–Trinajstić information content (AvgIpc) is 2.17. The Hall–Kier alpha value is -0.610. The van der Waals surface area contributed by atoms with E-state index in [0.29, 0.717) is 6.42 Å². The molecule has 0 radical (unpaired) electrons. The monoisotopic (exact) mass is 217 g/mol. The standard InChI is InChI=1S/C11H23NO3/c1-3-4-9-15-10-8-12(2)7-5-6-11(13)14/h3-10H2,1-2H3,(H,13,14). The molecule has 0 fully saturated rings. The lowest BCUT2D eigenvalue weighted by Gasteiger charge is -2.15. The van der Waals surface area contributed by atoms with Crippen LogP contribution >= 0.6 is 0 Å². The molecule has 0 atom stereocenters. The van der Waals surface area contributed by atoms with Crippen molar-refractivity contribution in [3.63, 3.8) is 0 Å². The largest absolute Gasteiger partial charge is 0.481 e. The summed E-state index contributed by atoms with van der Waals surface area (Å²) >= 11 is 0. The molecule has 0 spiro atoms. The number of unbranched alkanes of at least 4 members (excludes halogenated alkanes) is 1. The van der Waals surface area contributed by atoms with Gasteiger partial charge in [-0.15, -0.1) is 0 Å². The first-order valence-corrected chi connectivity index (χ1v) is 5.65. The minimum atomic E-state index is -0.720. The third kappa shape index (κ3) is 11.3. The third-order valence-electron chi connectivity index (χ3n) is 2.19. The second kappa shape index (κ2) is 9.93. The lowest BCUT2D eigenvalue weighted by molar-refractivity contribution is -0.137. The minimum absolute atomic E-state index is 0.251. The van der Waals surface area contributed by atoms with Crippen LogP contribution in [0.5, 0.6) is 0 Å². The highest BCUT2D eigenvalue weighted by Gasteiger charge is 2.00. The van der Waals surface area contributed by atoms with Gasteiger partial charge in [0.15, 0.2) is 0 Å². The van der Waals surface area contributed by atoms with E-state index in [9.17, 15) is 4.79 Å². The van der Waals surface area contributed by atoms with Crippen LogP contribution in [0.2, 0.25) is 0 Å². The molecule has 0 rings (SSSR count). The van der Waals surface area contributed by atoms with E-state index in [1.165, 1.54) is 0 Å². The number of carbonyl (C=O) groups is 1. The Bertz CT molecular complexity index is 162. The summed E-state index contributed by atoms with van der Waals surface area (Å²) in [4.78, 5) is 12.4. The molecule has 4 heteroatoms. The number of nitrogens with zero attached hydrogens (tertiary/aromatic N) is 1. The van der Waals surface area contributed by atoms with Crippen LogP contribution in [0.3, 0.4) is 0 Å². The van der Waals surface area contributed by atoms with Gasteiger partial charge in [-0.05, 0) is 26.4 Å². The van der Waals surface area contributed by atoms with E-state index in [0.717, 1.165) is 39.1 Å². The fraction of sp³-hybridized carbons (Fsp3) is 0.909. The molecule has 0 aromatic heterocycles. The van der Waals surface area contributed by atoms with Gasteiger partial charge in [0.05, 0.1) is 6.61 Å². The zero-order valence-corrected chi connectivity index (χ0v) is 9.87. The van der Waals surface area contributed by atoms with Gasteiger partial charge in [0, 0.05) is 19.6 Å². The molecule has 0 bridgehead atoms. The molecular formula is C11H23NO3. The number of aliphatic carboxylic acids is 1. The van der Waals surface area contributed by atoms with E-state index >= 15 is 0 Å². The molecule has 0 aliphatic heterocycles. The summed E-state index contributed by atoms with van der Waals surface area (Å²) in [6.45, 7) is 5.41. The van der Waals surface area contributed by atoms with Crippen molar-refractivity contribution in [2.45, 2.75) is 32.6 Å². The highest BCUT2D eigenvalue weighted by atomic mass is 16.5. The smallest absolute Gasteiger partial charge is 0.303 e. The molecule has 4 nitrogen and oxygen atoms in total. The molecule has 0 saturated carbocycles. The summed E-state index contributed by atoms with van der Waals surface area (Å²) < 4.78 is 5.41. The summed E-state index contributed by atoms with van der Waals surface area (Å²) in [6.07, 6.45) is 3.24. The SMILES string of the molecule is CCCCOCCN(C)CCCC(=O)O. The number of likely N-dealkylation sites (N-methyl/N-ethyl adjacent to an activating group) is 1. The number of rotatable bonds is 10. The molecular weight excluding hydrogens is 194 g/mol. The van der Waals surface area contributed by atoms with Crippen molar-refractivity contribution in [3.8, 4) is 0 Å². The number of carboxylic acids is 1. The van der Waals surface area contributed by atoms with E-state index in [2.05, 4.69) is 11.8 Å². The Balaban J connectivity index is 3.18. The van der Waals surface area contributed by atoms with E-state index in [1.807, 2.05) is 7.05 Å². The molecule has 15 heavy (non-hydrogen) atoms. The van der Waals surface area contributed by atoms with Gasteiger partial charge in [-0.25, -0.2) is 0 Å². The maximum atomic E-state index is 10.3. The lowest BCUT2D eigenvalue weighted by atomic mass is 10.3. The van der Waals surface area contributed by atoms with Gasteiger partial charge in [-0.1, -0.05) is 13.3 Å². The van der Waals surface area contributed by atoms with Crippen molar-refractivity contribution < 1.29 is 14.6 Å². The number of hydrogen-bond donors (Lipinski definition) is 1. The Morgan fingerprint density at radius 2 is 2.00 bits per heavy atom. The first-order chi connectivity index (χ1) is 7.16. The van der Waals surface area contributed by atoms with E-state index in [1.54, 1.807) is 0 Å². The molecule has 0 unspecified atom stereocenters. The fourth-order valence-corrected chi connectivity index (χ4v) is 1.18. The molecule has 0 amide bonds. The molecule has 0 aromatic carbocycles. The maximum absolute atomic E-state index is 10.3. The predicted molar refractivity (Wildman–Crippen MR) is 60.1 cm³/mol. The van der Waals surface area contributed by atoms with Crippen molar-refractivity contribution in [2.24, 2.45) is 0 Å². The highest BCUT2D eigenvalue weighted by molar-refractivity contribution is 5.66. The van der Waals surface area contributed by atoms with Gasteiger partial charge < -0.3 is 14.7 Å². The highest BCUT2D eigenvalue weighted by Crippen LogP contribution is 1.93. The summed E-state index contributed by atoms with van der Waals surface area (Å²) in [7, 11) is 1.99. The van der Waals surface area contributed by atoms with Crippen LogP contribution in [0.15, 0.2) is 0 Å². The zero-order valence-electron chi connectivity index (χ0n) is 9.87. The minimum Gasteiger partial charge on any atom is -0.481 e. The number of carboxylic acid groups (broad SMARTS) is 1. The van der Waals surface area contributed by atoms with Crippen LogP contribution in [0.1, 0.15) is 32.6 Å². The van der Waals surface area contributed by atoms with Crippen molar-refractivity contribution in [1.82, 2.24) is 4.90 Å². The second-order valence-electron chi connectivity index (χ2n) is 3.77. The first kappa shape index (κ1) is 14.4. The quantitative estimate of drug-likeness (QED) is 0.565. The van der Waals surface area contributed by atoms with Gasteiger partial charge in [-0.3, -0.25) is 4.79 Å². The van der Waals surface area contributed by atoms with Crippen molar-refractivity contribution in [1.29, 1.82) is 0 Å². The van der Waals surface area contributed by atoms with Crippen LogP contribution in [-0.4, -0.2) is 49.3 Å². The number of hydrogen-bond acceptors (Lipinski definition) is 3. The molecule has 0 aromatic rings. The molecule has 90 valence electrons. The maximum Gasteiger partial charge on any atom is 0.303 e. The Labute approximate surface area is 92.2 Å². The molecule has 0 aliphatic carbocycles. The first-order valence-electron chi connectivity index (χ1n) is 5.65. The summed E-state index contributed by atoms with van der Waals surface area (Å²) in [6, 6.07) is 0. The van der Waals surface area contributed by atoms with Gasteiger partial charge in [0.25, 0.3) is 0 Å². The Morgan fingerprint density at radius 3 is 2.60 bits per heavy atom. The molecule has 1 N–H and O–H groups in total. The summed E-state index contributed by atoms with van der Waals surface area (Å²) in [5, 5.41) is 8.46. The normalized spacial score (nSPS) is 10.9. The van der Waals surface area contributed by atoms with Crippen molar-refractivity contribution >= 4 is 5.97 Å². The lowest BCUT2D eigenvalue weighted by Crippen LogP contribution is -2.24. The van der Waals surface area contributed by atoms with Gasteiger partial charge in [-0.2, -0.15) is 0 Å². The van der Waals surface area contributed by atoms with Crippen LogP contribution < -0.4 is 0 Å². The van der Waals surface area contributed by atoms with Crippen LogP contribution in [-0.2, 0) is 9.53 Å². The van der Waals surface area contributed by atoms with Gasteiger partial charge in [0.2, 0.25) is 0 Å². The zero-order chi connectivity index (χ0) is 11.5. The van der Waals surface area contributed by atoms with E-state index in [-0.39, 0.29) is 6.42 Å².